The third kappa shape index (κ3) is 4.56. The van der Waals surface area contributed by atoms with Gasteiger partial charge in [-0.2, -0.15) is 4.31 Å². The van der Waals surface area contributed by atoms with E-state index in [1.54, 1.807) is 24.1 Å². The monoisotopic (exact) mass is 417 g/mol. The molecule has 3 rings (SSSR count). The molecule has 1 aromatic carbocycles. The van der Waals surface area contributed by atoms with Gasteiger partial charge in [0.15, 0.2) is 0 Å². The minimum absolute atomic E-state index is 0. The zero-order valence-corrected chi connectivity index (χ0v) is 17.4. The van der Waals surface area contributed by atoms with Crippen molar-refractivity contribution in [3.63, 3.8) is 0 Å². The maximum absolute atomic E-state index is 13.0. The Labute approximate surface area is 167 Å². The second kappa shape index (κ2) is 9.23. The predicted octanol–water partition coefficient (Wildman–Crippen LogP) is 1.73. The first kappa shape index (κ1) is 21.9. The van der Waals surface area contributed by atoms with E-state index in [1.807, 2.05) is 0 Å². The van der Waals surface area contributed by atoms with Crippen molar-refractivity contribution in [1.82, 2.24) is 14.5 Å². The molecule has 2 aliphatic rings. The van der Waals surface area contributed by atoms with Crippen LogP contribution in [0.5, 0.6) is 5.75 Å². The molecule has 0 aromatic heterocycles. The molecule has 2 fully saturated rings. The largest absolute Gasteiger partial charge is 0.495 e. The highest BCUT2D eigenvalue weighted by atomic mass is 35.5. The van der Waals surface area contributed by atoms with E-state index in [4.69, 9.17) is 4.74 Å². The van der Waals surface area contributed by atoms with Crippen LogP contribution in [-0.4, -0.2) is 69.9 Å². The first-order valence-electron chi connectivity index (χ1n) is 9.11. The van der Waals surface area contributed by atoms with Gasteiger partial charge in [-0.05, 0) is 57.0 Å². The number of carbonyl (C=O) groups is 1. The highest BCUT2D eigenvalue weighted by molar-refractivity contribution is 7.89. The Morgan fingerprint density at radius 2 is 1.85 bits per heavy atom. The van der Waals surface area contributed by atoms with Crippen molar-refractivity contribution in [1.29, 1.82) is 0 Å². The fourth-order valence-electron chi connectivity index (χ4n) is 3.64. The zero-order valence-electron chi connectivity index (χ0n) is 15.8. The summed E-state index contributed by atoms with van der Waals surface area (Å²) in [4.78, 5) is 14.7. The molecule has 1 aromatic rings. The van der Waals surface area contributed by atoms with Gasteiger partial charge < -0.3 is 15.0 Å². The van der Waals surface area contributed by atoms with Gasteiger partial charge >= 0.3 is 0 Å². The van der Waals surface area contributed by atoms with Crippen LogP contribution in [-0.2, 0) is 10.0 Å². The average molecular weight is 418 g/mol. The topological polar surface area (TPSA) is 79.0 Å². The van der Waals surface area contributed by atoms with Crippen LogP contribution in [0.15, 0.2) is 23.1 Å². The molecule has 0 radical (unpaired) electrons. The van der Waals surface area contributed by atoms with Crippen LogP contribution in [0.1, 0.15) is 36.0 Å². The molecule has 0 aliphatic carbocycles. The number of hydrogen-bond donors (Lipinski definition) is 1. The minimum Gasteiger partial charge on any atom is -0.495 e. The smallest absolute Gasteiger partial charge is 0.253 e. The normalized spacial score (nSPS) is 18.7. The van der Waals surface area contributed by atoms with Crippen molar-refractivity contribution >= 4 is 28.3 Å². The van der Waals surface area contributed by atoms with Gasteiger partial charge in [-0.1, -0.05) is 0 Å². The second-order valence-electron chi connectivity index (χ2n) is 6.87. The van der Waals surface area contributed by atoms with Gasteiger partial charge in [0, 0.05) is 31.7 Å². The van der Waals surface area contributed by atoms with E-state index in [0.29, 0.717) is 18.7 Å². The van der Waals surface area contributed by atoms with Crippen LogP contribution in [0.4, 0.5) is 0 Å². The lowest BCUT2D eigenvalue weighted by Gasteiger charge is -2.31. The molecule has 0 saturated carbocycles. The number of nitrogens with zero attached hydrogens (tertiary/aromatic N) is 2. The summed E-state index contributed by atoms with van der Waals surface area (Å²) in [5.41, 5.74) is 0.379. The molecule has 7 nitrogen and oxygen atoms in total. The molecule has 0 spiro atoms. The Morgan fingerprint density at radius 3 is 2.44 bits per heavy atom. The van der Waals surface area contributed by atoms with Gasteiger partial charge in [0.05, 0.1) is 7.11 Å². The molecule has 0 atom stereocenters. The van der Waals surface area contributed by atoms with Crippen molar-refractivity contribution in [2.75, 3.05) is 40.3 Å². The van der Waals surface area contributed by atoms with E-state index in [-0.39, 0.29) is 35.0 Å². The van der Waals surface area contributed by atoms with Crippen LogP contribution >= 0.6 is 12.4 Å². The third-order valence-electron chi connectivity index (χ3n) is 5.27. The van der Waals surface area contributed by atoms with Crippen molar-refractivity contribution in [2.45, 2.75) is 36.6 Å². The predicted molar refractivity (Wildman–Crippen MR) is 106 cm³/mol. The van der Waals surface area contributed by atoms with Crippen molar-refractivity contribution < 1.29 is 17.9 Å². The van der Waals surface area contributed by atoms with Crippen LogP contribution in [0, 0.1) is 0 Å². The Balaban J connectivity index is 0.00000261. The van der Waals surface area contributed by atoms with Crippen molar-refractivity contribution in [2.24, 2.45) is 0 Å². The molecule has 0 unspecified atom stereocenters. The number of hydrogen-bond acceptors (Lipinski definition) is 5. The summed E-state index contributed by atoms with van der Waals surface area (Å²) in [5.74, 6) is 0.121. The molecule has 2 aliphatic heterocycles. The van der Waals surface area contributed by atoms with Gasteiger partial charge in [-0.15, -0.1) is 12.4 Å². The molecule has 2 heterocycles. The Bertz CT molecular complexity index is 760. The third-order valence-corrected chi connectivity index (χ3v) is 7.19. The number of piperidine rings is 1. The summed E-state index contributed by atoms with van der Waals surface area (Å²) in [7, 11) is -0.426. The first-order chi connectivity index (χ1) is 12.4. The SMILES string of the molecule is COc1ccc(C(=O)N(C)C2CCNCC2)cc1S(=O)(=O)N1CCCC1.Cl. The van der Waals surface area contributed by atoms with Crippen LogP contribution < -0.4 is 10.1 Å². The summed E-state index contributed by atoms with van der Waals surface area (Å²) >= 11 is 0. The Morgan fingerprint density at radius 1 is 1.22 bits per heavy atom. The number of sulfonamides is 1. The number of ether oxygens (including phenoxy) is 1. The minimum atomic E-state index is -3.66. The van der Waals surface area contributed by atoms with Crippen molar-refractivity contribution in [3.05, 3.63) is 23.8 Å². The standard InChI is InChI=1S/C18H27N3O4S.ClH/c1-20(15-7-9-19-10-8-15)18(22)14-5-6-16(25-2)17(13-14)26(23,24)21-11-3-4-12-21;/h5-6,13,15,19H,3-4,7-12H2,1-2H3;1H. The lowest BCUT2D eigenvalue weighted by Crippen LogP contribution is -2.44. The summed E-state index contributed by atoms with van der Waals surface area (Å²) < 4.78 is 32.7. The molecule has 1 N–H and O–H groups in total. The first-order valence-corrected chi connectivity index (χ1v) is 10.5. The quantitative estimate of drug-likeness (QED) is 0.789. The molecular weight excluding hydrogens is 390 g/mol. The Kier molecular flexibility index (Phi) is 7.50. The molecule has 0 bridgehead atoms. The lowest BCUT2D eigenvalue weighted by molar-refractivity contribution is 0.0703. The number of methoxy groups -OCH3 is 1. The number of amides is 1. The summed E-state index contributed by atoms with van der Waals surface area (Å²) in [6, 6.07) is 4.85. The van der Waals surface area contributed by atoms with E-state index in [2.05, 4.69) is 5.32 Å². The van der Waals surface area contributed by atoms with Gasteiger partial charge in [-0.3, -0.25) is 4.79 Å². The van der Waals surface area contributed by atoms with Crippen LogP contribution in [0.25, 0.3) is 0 Å². The van der Waals surface area contributed by atoms with E-state index in [1.165, 1.54) is 17.5 Å². The highest BCUT2D eigenvalue weighted by Gasteiger charge is 2.31. The maximum atomic E-state index is 13.0. The van der Waals surface area contributed by atoms with Gasteiger partial charge in [0.2, 0.25) is 10.0 Å². The maximum Gasteiger partial charge on any atom is 0.253 e. The number of halogens is 1. The fourth-order valence-corrected chi connectivity index (χ4v) is 5.34. The van der Waals surface area contributed by atoms with E-state index in [9.17, 15) is 13.2 Å². The van der Waals surface area contributed by atoms with E-state index in [0.717, 1.165) is 38.8 Å². The number of nitrogens with one attached hydrogen (secondary N) is 1. The second-order valence-corrected chi connectivity index (χ2v) is 8.78. The number of benzene rings is 1. The Hall–Kier alpha value is -1.35. The number of rotatable bonds is 5. The van der Waals surface area contributed by atoms with Gasteiger partial charge in [0.25, 0.3) is 5.91 Å². The number of carbonyl (C=O) groups excluding carboxylic acids is 1. The summed E-state index contributed by atoms with van der Waals surface area (Å²) in [6.07, 6.45) is 3.52. The molecule has 27 heavy (non-hydrogen) atoms. The average Bonchev–Trinajstić information content (AvgIpc) is 3.22. The lowest BCUT2D eigenvalue weighted by atomic mass is 10.0. The highest BCUT2D eigenvalue weighted by Crippen LogP contribution is 2.30. The van der Waals surface area contributed by atoms with E-state index >= 15 is 0 Å². The summed E-state index contributed by atoms with van der Waals surface area (Å²) in [6.45, 7) is 2.80. The van der Waals surface area contributed by atoms with Crippen molar-refractivity contribution in [3.8, 4) is 5.75 Å². The van der Waals surface area contributed by atoms with Crippen LogP contribution in [0.2, 0.25) is 0 Å². The zero-order chi connectivity index (χ0) is 18.7. The molecule has 2 saturated heterocycles. The fraction of sp³-hybridized carbons (Fsp3) is 0.611. The molecule has 152 valence electrons. The van der Waals surface area contributed by atoms with Crippen LogP contribution in [0.3, 0.4) is 0 Å². The molecule has 1 amide bonds. The van der Waals surface area contributed by atoms with Gasteiger partial charge in [0.1, 0.15) is 10.6 Å². The molecule has 9 heteroatoms. The summed E-state index contributed by atoms with van der Waals surface area (Å²) in [5, 5.41) is 3.28. The van der Waals surface area contributed by atoms with E-state index < -0.39 is 10.0 Å². The molecular formula is C18H28ClN3O4S. The van der Waals surface area contributed by atoms with Gasteiger partial charge in [-0.25, -0.2) is 8.42 Å².